The minimum atomic E-state index is -0.160. The normalized spacial score (nSPS) is 21.0. The fourth-order valence-electron chi connectivity index (χ4n) is 3.12. The van der Waals surface area contributed by atoms with Crippen LogP contribution in [-0.2, 0) is 11.3 Å². The molecule has 132 valence electrons. The summed E-state index contributed by atoms with van der Waals surface area (Å²) in [6.07, 6.45) is 2.05. The van der Waals surface area contributed by atoms with Crippen LogP contribution in [0.25, 0.3) is 0 Å². The Morgan fingerprint density at radius 2 is 1.88 bits per heavy atom. The van der Waals surface area contributed by atoms with E-state index in [-0.39, 0.29) is 18.1 Å². The van der Waals surface area contributed by atoms with Gasteiger partial charge < -0.3 is 15.8 Å². The van der Waals surface area contributed by atoms with E-state index in [2.05, 4.69) is 29.0 Å². The lowest BCUT2D eigenvalue weighted by Crippen LogP contribution is -2.44. The van der Waals surface area contributed by atoms with E-state index in [1.54, 1.807) is 18.3 Å². The molecule has 2 unspecified atom stereocenters. The molecule has 0 saturated carbocycles. The Hall–Kier alpha value is -2.44. The number of carbonyl (C=O) groups is 1. The summed E-state index contributed by atoms with van der Waals surface area (Å²) in [5.41, 5.74) is 7.97. The Kier molecular flexibility index (Phi) is 5.31. The van der Waals surface area contributed by atoms with E-state index in [1.807, 2.05) is 24.3 Å². The maximum Gasteiger partial charge on any atom is 0.255 e. The van der Waals surface area contributed by atoms with Gasteiger partial charge in [-0.05, 0) is 43.7 Å². The summed E-state index contributed by atoms with van der Waals surface area (Å²) in [6, 6.07) is 11.1. The average Bonchev–Trinajstić information content (AvgIpc) is 2.56. The molecule has 6 heteroatoms. The van der Waals surface area contributed by atoms with Crippen LogP contribution in [-0.4, -0.2) is 41.1 Å². The number of amides is 1. The van der Waals surface area contributed by atoms with Gasteiger partial charge >= 0.3 is 0 Å². The third kappa shape index (κ3) is 4.78. The quantitative estimate of drug-likeness (QED) is 0.894. The second kappa shape index (κ2) is 7.63. The van der Waals surface area contributed by atoms with Crippen LogP contribution in [0.1, 0.15) is 29.8 Å². The van der Waals surface area contributed by atoms with E-state index >= 15 is 0 Å². The van der Waals surface area contributed by atoms with Gasteiger partial charge in [0.2, 0.25) is 0 Å². The number of pyridine rings is 1. The molecule has 1 fully saturated rings. The highest BCUT2D eigenvalue weighted by molar-refractivity contribution is 6.04. The molecule has 2 aromatic rings. The second-order valence-corrected chi connectivity index (χ2v) is 6.57. The number of nitrogen functional groups attached to an aromatic ring is 1. The lowest BCUT2D eigenvalue weighted by Gasteiger charge is -2.35. The zero-order valence-electron chi connectivity index (χ0n) is 14.6. The molecule has 0 bridgehead atoms. The SMILES string of the molecule is CC1CN(Cc2ccc(C(=O)Nc3ccc(N)nc3)cc2)CC(C)O1. The van der Waals surface area contributed by atoms with Crippen molar-refractivity contribution in [3.8, 4) is 0 Å². The van der Waals surface area contributed by atoms with Crippen molar-refractivity contribution in [1.82, 2.24) is 9.88 Å². The van der Waals surface area contributed by atoms with Gasteiger partial charge in [-0.15, -0.1) is 0 Å². The van der Waals surface area contributed by atoms with Crippen LogP contribution in [0.15, 0.2) is 42.6 Å². The highest BCUT2D eigenvalue weighted by Crippen LogP contribution is 2.15. The molecule has 3 rings (SSSR count). The van der Waals surface area contributed by atoms with Gasteiger partial charge in [0, 0.05) is 25.2 Å². The first-order valence-corrected chi connectivity index (χ1v) is 8.49. The number of nitrogens with two attached hydrogens (primary N) is 1. The van der Waals surface area contributed by atoms with Crippen LogP contribution in [0.2, 0.25) is 0 Å². The number of rotatable bonds is 4. The molecule has 25 heavy (non-hydrogen) atoms. The molecule has 0 spiro atoms. The van der Waals surface area contributed by atoms with Crippen LogP contribution < -0.4 is 11.1 Å². The van der Waals surface area contributed by atoms with Crippen molar-refractivity contribution < 1.29 is 9.53 Å². The number of nitrogens with zero attached hydrogens (tertiary/aromatic N) is 2. The van der Waals surface area contributed by atoms with E-state index in [0.29, 0.717) is 17.1 Å². The molecule has 1 aliphatic heterocycles. The van der Waals surface area contributed by atoms with E-state index in [4.69, 9.17) is 10.5 Å². The number of ether oxygens (including phenoxy) is 1. The summed E-state index contributed by atoms with van der Waals surface area (Å²) in [4.78, 5) is 18.6. The van der Waals surface area contributed by atoms with Gasteiger partial charge in [0.1, 0.15) is 5.82 Å². The van der Waals surface area contributed by atoms with E-state index < -0.39 is 0 Å². The lowest BCUT2D eigenvalue weighted by atomic mass is 10.1. The molecule has 1 aromatic heterocycles. The first-order chi connectivity index (χ1) is 12.0. The first kappa shape index (κ1) is 17.4. The van der Waals surface area contributed by atoms with Crippen LogP contribution in [0.5, 0.6) is 0 Å². The standard InChI is InChI=1S/C19H24N4O2/c1-13-10-23(11-14(2)25-13)12-15-3-5-16(6-4-15)19(24)22-17-7-8-18(20)21-9-17/h3-9,13-14H,10-12H2,1-2H3,(H2,20,21)(H,22,24). The second-order valence-electron chi connectivity index (χ2n) is 6.57. The molecule has 6 nitrogen and oxygen atoms in total. The largest absolute Gasteiger partial charge is 0.384 e. The topological polar surface area (TPSA) is 80.5 Å². The third-order valence-electron chi connectivity index (χ3n) is 4.16. The van der Waals surface area contributed by atoms with Crippen molar-refractivity contribution in [3.63, 3.8) is 0 Å². The number of benzene rings is 1. The zero-order chi connectivity index (χ0) is 17.8. The van der Waals surface area contributed by atoms with Crippen molar-refractivity contribution in [2.45, 2.75) is 32.6 Å². The highest BCUT2D eigenvalue weighted by Gasteiger charge is 2.22. The summed E-state index contributed by atoms with van der Waals surface area (Å²) in [7, 11) is 0. The summed E-state index contributed by atoms with van der Waals surface area (Å²) in [6.45, 7) is 6.92. The molecule has 3 N–H and O–H groups in total. The molecular weight excluding hydrogens is 316 g/mol. The number of nitrogens with one attached hydrogen (secondary N) is 1. The van der Waals surface area contributed by atoms with Gasteiger partial charge in [0.15, 0.2) is 0 Å². The number of carbonyl (C=O) groups excluding carboxylic acids is 1. The molecule has 1 aliphatic rings. The van der Waals surface area contributed by atoms with Crippen molar-refractivity contribution in [1.29, 1.82) is 0 Å². The fourth-order valence-corrected chi connectivity index (χ4v) is 3.12. The minimum Gasteiger partial charge on any atom is -0.384 e. The Morgan fingerprint density at radius 1 is 1.20 bits per heavy atom. The predicted molar refractivity (Wildman–Crippen MR) is 98.3 cm³/mol. The number of anilines is 2. The maximum atomic E-state index is 12.3. The van der Waals surface area contributed by atoms with Gasteiger partial charge in [-0.3, -0.25) is 9.69 Å². The molecule has 2 atom stereocenters. The number of hydrogen-bond donors (Lipinski definition) is 2. The van der Waals surface area contributed by atoms with E-state index in [9.17, 15) is 4.79 Å². The van der Waals surface area contributed by atoms with Gasteiger partial charge in [0.25, 0.3) is 5.91 Å². The van der Waals surface area contributed by atoms with Gasteiger partial charge in [0.05, 0.1) is 24.1 Å². The van der Waals surface area contributed by atoms with Crippen molar-refractivity contribution in [2.75, 3.05) is 24.1 Å². The maximum absolute atomic E-state index is 12.3. The Morgan fingerprint density at radius 3 is 2.48 bits per heavy atom. The molecule has 1 aromatic carbocycles. The predicted octanol–water partition coefficient (Wildman–Crippen LogP) is 2.53. The molecular formula is C19H24N4O2. The van der Waals surface area contributed by atoms with E-state index in [1.165, 1.54) is 5.56 Å². The zero-order valence-corrected chi connectivity index (χ0v) is 14.6. The number of aromatic nitrogens is 1. The average molecular weight is 340 g/mol. The molecule has 0 aliphatic carbocycles. The summed E-state index contributed by atoms with van der Waals surface area (Å²) >= 11 is 0. The minimum absolute atomic E-state index is 0.160. The fraction of sp³-hybridized carbons (Fsp3) is 0.368. The van der Waals surface area contributed by atoms with Crippen molar-refractivity contribution >= 4 is 17.4 Å². The Balaban J connectivity index is 1.59. The summed E-state index contributed by atoms with van der Waals surface area (Å²) in [5, 5.41) is 2.81. The summed E-state index contributed by atoms with van der Waals surface area (Å²) in [5.74, 6) is 0.265. The van der Waals surface area contributed by atoms with Crippen LogP contribution >= 0.6 is 0 Å². The lowest BCUT2D eigenvalue weighted by molar-refractivity contribution is -0.0704. The molecule has 1 amide bonds. The molecule has 0 radical (unpaired) electrons. The van der Waals surface area contributed by atoms with Gasteiger partial charge in [-0.2, -0.15) is 0 Å². The third-order valence-corrected chi connectivity index (χ3v) is 4.16. The van der Waals surface area contributed by atoms with Crippen molar-refractivity contribution in [2.24, 2.45) is 0 Å². The Labute approximate surface area is 148 Å². The van der Waals surface area contributed by atoms with E-state index in [0.717, 1.165) is 19.6 Å². The smallest absolute Gasteiger partial charge is 0.255 e. The van der Waals surface area contributed by atoms with Crippen molar-refractivity contribution in [3.05, 3.63) is 53.7 Å². The first-order valence-electron chi connectivity index (χ1n) is 8.49. The monoisotopic (exact) mass is 340 g/mol. The van der Waals surface area contributed by atoms with Crippen LogP contribution in [0, 0.1) is 0 Å². The highest BCUT2D eigenvalue weighted by atomic mass is 16.5. The summed E-state index contributed by atoms with van der Waals surface area (Å²) < 4.78 is 5.76. The van der Waals surface area contributed by atoms with Gasteiger partial charge in [-0.1, -0.05) is 12.1 Å². The molecule has 2 heterocycles. The van der Waals surface area contributed by atoms with Gasteiger partial charge in [-0.25, -0.2) is 4.98 Å². The van der Waals surface area contributed by atoms with Crippen LogP contribution in [0.3, 0.4) is 0 Å². The van der Waals surface area contributed by atoms with Crippen LogP contribution in [0.4, 0.5) is 11.5 Å². The molecule has 1 saturated heterocycles. The number of morpholine rings is 1. The number of hydrogen-bond acceptors (Lipinski definition) is 5. The Bertz CT molecular complexity index is 705.